The van der Waals surface area contributed by atoms with Crippen LogP contribution in [0.5, 0.6) is 5.75 Å². The molecule has 0 bridgehead atoms. The highest BCUT2D eigenvalue weighted by atomic mass is 16.5. The molecule has 0 spiro atoms. The molecule has 1 unspecified atom stereocenters. The van der Waals surface area contributed by atoms with Gasteiger partial charge in [0, 0.05) is 25.0 Å². The minimum atomic E-state index is -0.284. The molecule has 0 aliphatic carbocycles. The number of nitrogens with zero attached hydrogens (tertiary/aromatic N) is 4. The Kier molecular flexibility index (Phi) is 5.90. The van der Waals surface area contributed by atoms with Crippen LogP contribution in [0.1, 0.15) is 47.4 Å². The quantitative estimate of drug-likeness (QED) is 0.631. The summed E-state index contributed by atoms with van der Waals surface area (Å²) >= 11 is 0. The van der Waals surface area contributed by atoms with Crippen molar-refractivity contribution in [1.82, 2.24) is 19.3 Å². The number of likely N-dealkylation sites (tertiary alicyclic amines) is 1. The summed E-state index contributed by atoms with van der Waals surface area (Å²) in [7, 11) is 5.52. The van der Waals surface area contributed by atoms with Crippen LogP contribution in [0.4, 0.5) is 11.5 Å². The molecule has 1 aliphatic rings. The Balaban J connectivity index is 1.61. The second-order valence-corrected chi connectivity index (χ2v) is 7.69. The fraction of sp³-hybridized carbons (Fsp3) is 0.348. The first-order chi connectivity index (χ1) is 15.0. The SMILES string of the molecule is C/C=C/c1cc(C(=O)Nc2cn3cc(C4CCCN4C)nc3cn2)c(OC)cc1NC. The molecule has 8 heteroatoms. The van der Waals surface area contributed by atoms with E-state index in [0.29, 0.717) is 23.2 Å². The summed E-state index contributed by atoms with van der Waals surface area (Å²) in [6.07, 6.45) is 11.6. The molecule has 162 valence electrons. The molecule has 4 rings (SSSR count). The van der Waals surface area contributed by atoms with Crippen molar-refractivity contribution in [2.24, 2.45) is 0 Å². The third-order valence-corrected chi connectivity index (χ3v) is 5.70. The lowest BCUT2D eigenvalue weighted by Gasteiger charge is -2.16. The molecule has 1 aromatic carbocycles. The molecule has 0 saturated carbocycles. The van der Waals surface area contributed by atoms with Crippen LogP contribution in [-0.2, 0) is 0 Å². The van der Waals surface area contributed by atoms with E-state index in [1.165, 1.54) is 6.42 Å². The summed E-state index contributed by atoms with van der Waals surface area (Å²) in [6.45, 7) is 3.02. The fourth-order valence-electron chi connectivity index (χ4n) is 4.09. The first-order valence-electron chi connectivity index (χ1n) is 10.4. The Morgan fingerprint density at radius 3 is 2.84 bits per heavy atom. The lowest BCUT2D eigenvalue weighted by molar-refractivity contribution is 0.102. The van der Waals surface area contributed by atoms with Gasteiger partial charge in [0.25, 0.3) is 5.91 Å². The first kappa shape index (κ1) is 20.9. The average molecular weight is 421 g/mol. The van der Waals surface area contributed by atoms with Gasteiger partial charge in [-0.15, -0.1) is 0 Å². The van der Waals surface area contributed by atoms with Crippen LogP contribution in [0.3, 0.4) is 0 Å². The zero-order chi connectivity index (χ0) is 22.0. The number of aromatic nitrogens is 3. The van der Waals surface area contributed by atoms with E-state index in [0.717, 1.165) is 35.6 Å². The number of carbonyl (C=O) groups is 1. The Morgan fingerprint density at radius 1 is 1.32 bits per heavy atom. The standard InChI is InChI=1S/C23H28N6O2/c1-5-7-15-10-16(20(31-4)11-17(15)24-2)23(30)27-21-14-29-13-18(26-22(29)12-25-21)19-8-6-9-28(19)3/h5,7,10-14,19,24H,6,8-9H2,1-4H3,(H,27,30)/b7-5+. The topological polar surface area (TPSA) is 83.8 Å². The smallest absolute Gasteiger partial charge is 0.260 e. The minimum Gasteiger partial charge on any atom is -0.496 e. The van der Waals surface area contributed by atoms with Gasteiger partial charge in [-0.25, -0.2) is 9.97 Å². The van der Waals surface area contributed by atoms with Gasteiger partial charge in [0.15, 0.2) is 5.65 Å². The molecular weight excluding hydrogens is 392 g/mol. The summed E-state index contributed by atoms with van der Waals surface area (Å²) in [4.78, 5) is 24.5. The highest BCUT2D eigenvalue weighted by Gasteiger charge is 2.25. The van der Waals surface area contributed by atoms with E-state index >= 15 is 0 Å². The van der Waals surface area contributed by atoms with E-state index < -0.39 is 0 Å². The van der Waals surface area contributed by atoms with Crippen LogP contribution in [0, 0.1) is 0 Å². The highest BCUT2D eigenvalue weighted by molar-refractivity contribution is 6.06. The number of benzene rings is 1. The lowest BCUT2D eigenvalue weighted by atomic mass is 10.1. The van der Waals surface area contributed by atoms with Gasteiger partial charge in [-0.3, -0.25) is 9.69 Å². The molecule has 0 radical (unpaired) electrons. The van der Waals surface area contributed by atoms with Gasteiger partial charge in [-0.05, 0) is 45.0 Å². The monoisotopic (exact) mass is 420 g/mol. The minimum absolute atomic E-state index is 0.284. The Labute approximate surface area is 181 Å². The number of imidazole rings is 1. The molecule has 1 saturated heterocycles. The number of amides is 1. The van der Waals surface area contributed by atoms with E-state index in [1.54, 1.807) is 19.5 Å². The van der Waals surface area contributed by atoms with Gasteiger partial charge < -0.3 is 19.8 Å². The van der Waals surface area contributed by atoms with Gasteiger partial charge >= 0.3 is 0 Å². The molecular formula is C23H28N6O2. The molecule has 2 N–H and O–H groups in total. The van der Waals surface area contributed by atoms with Gasteiger partial charge in [0.05, 0.1) is 36.8 Å². The number of rotatable bonds is 6. The van der Waals surface area contributed by atoms with Crippen molar-refractivity contribution in [3.8, 4) is 5.75 Å². The molecule has 31 heavy (non-hydrogen) atoms. The number of allylic oxidation sites excluding steroid dienone is 1. The van der Waals surface area contributed by atoms with E-state index in [4.69, 9.17) is 9.72 Å². The maximum absolute atomic E-state index is 13.0. The summed E-state index contributed by atoms with van der Waals surface area (Å²) in [5.41, 5.74) is 4.02. The Bertz CT molecular complexity index is 1140. The summed E-state index contributed by atoms with van der Waals surface area (Å²) in [6, 6.07) is 3.96. The van der Waals surface area contributed by atoms with E-state index in [-0.39, 0.29) is 5.91 Å². The molecule has 2 aromatic heterocycles. The number of anilines is 2. The summed E-state index contributed by atoms with van der Waals surface area (Å²) in [5.74, 6) is 0.659. The summed E-state index contributed by atoms with van der Waals surface area (Å²) < 4.78 is 7.37. The Morgan fingerprint density at radius 2 is 2.16 bits per heavy atom. The van der Waals surface area contributed by atoms with Crippen molar-refractivity contribution >= 4 is 29.1 Å². The van der Waals surface area contributed by atoms with Gasteiger partial charge in [0.1, 0.15) is 11.6 Å². The number of nitrogens with one attached hydrogen (secondary N) is 2. The second kappa shape index (κ2) is 8.77. The van der Waals surface area contributed by atoms with Crippen LogP contribution in [0.15, 0.2) is 36.8 Å². The van der Waals surface area contributed by atoms with Crippen LogP contribution < -0.4 is 15.4 Å². The van der Waals surface area contributed by atoms with Crippen molar-refractivity contribution in [3.05, 3.63) is 53.6 Å². The van der Waals surface area contributed by atoms with Crippen molar-refractivity contribution in [1.29, 1.82) is 0 Å². The predicted molar refractivity (Wildman–Crippen MR) is 123 cm³/mol. The van der Waals surface area contributed by atoms with Gasteiger partial charge in [0.2, 0.25) is 0 Å². The second-order valence-electron chi connectivity index (χ2n) is 7.69. The molecule has 1 fully saturated rings. The maximum atomic E-state index is 13.0. The van der Waals surface area contributed by atoms with Crippen molar-refractivity contribution in [2.45, 2.75) is 25.8 Å². The third-order valence-electron chi connectivity index (χ3n) is 5.70. The molecule has 8 nitrogen and oxygen atoms in total. The number of fused-ring (bicyclic) bond motifs is 1. The largest absolute Gasteiger partial charge is 0.496 e. The first-order valence-corrected chi connectivity index (χ1v) is 10.4. The number of carbonyl (C=O) groups excluding carboxylic acids is 1. The molecule has 3 heterocycles. The van der Waals surface area contributed by atoms with Crippen molar-refractivity contribution in [2.75, 3.05) is 38.4 Å². The number of ether oxygens (including phenoxy) is 1. The average Bonchev–Trinajstić information content (AvgIpc) is 3.38. The zero-order valence-corrected chi connectivity index (χ0v) is 18.3. The molecule has 1 aliphatic heterocycles. The summed E-state index contributed by atoms with van der Waals surface area (Å²) in [5, 5.41) is 6.02. The van der Waals surface area contributed by atoms with Crippen molar-refractivity contribution < 1.29 is 9.53 Å². The van der Waals surface area contributed by atoms with E-state index in [2.05, 4.69) is 27.6 Å². The highest BCUT2D eigenvalue weighted by Crippen LogP contribution is 2.31. The Hall–Kier alpha value is -3.39. The van der Waals surface area contributed by atoms with Crippen LogP contribution >= 0.6 is 0 Å². The maximum Gasteiger partial charge on any atom is 0.260 e. The fourth-order valence-corrected chi connectivity index (χ4v) is 4.09. The molecule has 3 aromatic rings. The number of hydrogen-bond acceptors (Lipinski definition) is 6. The van der Waals surface area contributed by atoms with E-state index in [9.17, 15) is 4.79 Å². The van der Waals surface area contributed by atoms with Gasteiger partial charge in [-0.2, -0.15) is 0 Å². The lowest BCUT2D eigenvalue weighted by Crippen LogP contribution is -2.17. The van der Waals surface area contributed by atoms with Crippen LogP contribution in [0.2, 0.25) is 0 Å². The number of methoxy groups -OCH3 is 1. The van der Waals surface area contributed by atoms with Crippen molar-refractivity contribution in [3.63, 3.8) is 0 Å². The normalized spacial score (nSPS) is 16.8. The molecule has 1 amide bonds. The van der Waals surface area contributed by atoms with E-state index in [1.807, 2.05) is 48.9 Å². The zero-order valence-electron chi connectivity index (χ0n) is 18.3. The van der Waals surface area contributed by atoms with Gasteiger partial charge in [-0.1, -0.05) is 12.2 Å². The molecule has 1 atom stereocenters. The third kappa shape index (κ3) is 4.11. The predicted octanol–water partition coefficient (Wildman–Crippen LogP) is 3.83. The number of hydrogen-bond donors (Lipinski definition) is 2. The van der Waals surface area contributed by atoms with Crippen LogP contribution in [-0.4, -0.2) is 52.9 Å². The van der Waals surface area contributed by atoms with Crippen LogP contribution in [0.25, 0.3) is 11.7 Å².